The van der Waals surface area contributed by atoms with Gasteiger partial charge in [-0.05, 0) is 32.7 Å². The predicted octanol–water partition coefficient (Wildman–Crippen LogP) is 1.01. The predicted molar refractivity (Wildman–Crippen MR) is 64.4 cm³/mol. The van der Waals surface area contributed by atoms with E-state index in [1.54, 1.807) is 19.0 Å². The van der Waals surface area contributed by atoms with Crippen molar-refractivity contribution in [1.82, 2.24) is 10.2 Å². The van der Waals surface area contributed by atoms with E-state index in [1.165, 1.54) is 12.8 Å². The topological polar surface area (TPSA) is 41.6 Å². The Morgan fingerprint density at radius 1 is 1.31 bits per heavy atom. The number of ether oxygens (including phenoxy) is 1. The fourth-order valence-corrected chi connectivity index (χ4v) is 2.05. The highest BCUT2D eigenvalue weighted by Gasteiger charge is 2.20. The van der Waals surface area contributed by atoms with Crippen molar-refractivity contribution in [3.05, 3.63) is 0 Å². The summed E-state index contributed by atoms with van der Waals surface area (Å²) < 4.78 is 5.72. The molecule has 1 aliphatic carbocycles. The molecule has 16 heavy (non-hydrogen) atoms. The summed E-state index contributed by atoms with van der Waals surface area (Å²) in [6, 6.07) is 0.656. The third-order valence-electron chi connectivity index (χ3n) is 3.25. The lowest BCUT2D eigenvalue weighted by molar-refractivity contribution is -0.130. The van der Waals surface area contributed by atoms with Crippen LogP contribution in [-0.4, -0.2) is 50.7 Å². The summed E-state index contributed by atoms with van der Waals surface area (Å²) in [5.41, 5.74) is 0. The maximum Gasteiger partial charge on any atom is 0.224 e. The Bertz CT molecular complexity index is 211. The van der Waals surface area contributed by atoms with Crippen LogP contribution in [0.25, 0.3) is 0 Å². The standard InChI is InChI=1S/C12H24N2O2/c1-13-10-4-6-11(7-5-10)16-9-8-12(15)14(2)3/h10-11,13H,4-9H2,1-3H3. The van der Waals surface area contributed by atoms with Gasteiger partial charge in [0, 0.05) is 20.1 Å². The first-order valence-corrected chi connectivity index (χ1v) is 6.12. The highest BCUT2D eigenvalue weighted by Crippen LogP contribution is 2.20. The van der Waals surface area contributed by atoms with Crippen LogP contribution in [0, 0.1) is 0 Å². The molecule has 0 radical (unpaired) electrons. The quantitative estimate of drug-likeness (QED) is 0.763. The molecule has 1 amide bonds. The second-order valence-corrected chi connectivity index (χ2v) is 4.67. The lowest BCUT2D eigenvalue weighted by atomic mass is 9.93. The van der Waals surface area contributed by atoms with Crippen molar-refractivity contribution in [2.45, 2.75) is 44.2 Å². The van der Waals surface area contributed by atoms with Gasteiger partial charge in [0.05, 0.1) is 19.1 Å². The molecule has 1 saturated carbocycles. The summed E-state index contributed by atoms with van der Waals surface area (Å²) in [6.45, 7) is 0.561. The molecule has 94 valence electrons. The molecule has 0 aromatic carbocycles. The van der Waals surface area contributed by atoms with Crippen LogP contribution < -0.4 is 5.32 Å². The van der Waals surface area contributed by atoms with Crippen LogP contribution in [0.5, 0.6) is 0 Å². The first-order chi connectivity index (χ1) is 7.63. The Kier molecular flexibility index (Phi) is 5.77. The monoisotopic (exact) mass is 228 g/mol. The zero-order chi connectivity index (χ0) is 12.0. The molecule has 0 aromatic heterocycles. The molecular weight excluding hydrogens is 204 g/mol. The number of amides is 1. The summed E-state index contributed by atoms with van der Waals surface area (Å²) in [7, 11) is 5.57. The molecule has 1 fully saturated rings. The molecular formula is C12H24N2O2. The van der Waals surface area contributed by atoms with Crippen molar-refractivity contribution in [2.75, 3.05) is 27.7 Å². The largest absolute Gasteiger partial charge is 0.378 e. The lowest BCUT2D eigenvalue weighted by Gasteiger charge is -2.28. The maximum absolute atomic E-state index is 11.3. The van der Waals surface area contributed by atoms with Crippen molar-refractivity contribution in [1.29, 1.82) is 0 Å². The van der Waals surface area contributed by atoms with Gasteiger partial charge in [-0.1, -0.05) is 0 Å². The number of hydrogen-bond donors (Lipinski definition) is 1. The molecule has 4 heteroatoms. The second kappa shape index (κ2) is 6.86. The van der Waals surface area contributed by atoms with Crippen LogP contribution in [0.2, 0.25) is 0 Å². The molecule has 0 saturated heterocycles. The Morgan fingerprint density at radius 2 is 1.94 bits per heavy atom. The molecule has 1 rings (SSSR count). The third-order valence-corrected chi connectivity index (χ3v) is 3.25. The van der Waals surface area contributed by atoms with Gasteiger partial charge in [0.1, 0.15) is 0 Å². The van der Waals surface area contributed by atoms with Crippen LogP contribution in [0.1, 0.15) is 32.1 Å². The van der Waals surface area contributed by atoms with Crippen molar-refractivity contribution in [3.8, 4) is 0 Å². The SMILES string of the molecule is CNC1CCC(OCCC(=O)N(C)C)CC1. The van der Waals surface area contributed by atoms with Gasteiger partial charge in [0.15, 0.2) is 0 Å². The number of carbonyl (C=O) groups excluding carboxylic acids is 1. The van der Waals surface area contributed by atoms with Crippen molar-refractivity contribution >= 4 is 5.91 Å². The Hall–Kier alpha value is -0.610. The first kappa shape index (κ1) is 13.5. The van der Waals surface area contributed by atoms with E-state index in [0.29, 0.717) is 25.2 Å². The first-order valence-electron chi connectivity index (χ1n) is 6.12. The van der Waals surface area contributed by atoms with Crippen LogP contribution in [0.4, 0.5) is 0 Å². The van der Waals surface area contributed by atoms with Gasteiger partial charge >= 0.3 is 0 Å². The Balaban J connectivity index is 2.08. The Morgan fingerprint density at radius 3 is 2.44 bits per heavy atom. The third kappa shape index (κ3) is 4.49. The Labute approximate surface area is 98.3 Å². The molecule has 1 aliphatic rings. The van der Waals surface area contributed by atoms with E-state index in [1.807, 2.05) is 7.05 Å². The summed E-state index contributed by atoms with van der Waals surface area (Å²) in [4.78, 5) is 12.9. The van der Waals surface area contributed by atoms with Gasteiger partial charge in [0.25, 0.3) is 0 Å². The van der Waals surface area contributed by atoms with Crippen molar-refractivity contribution in [2.24, 2.45) is 0 Å². The number of nitrogens with zero attached hydrogens (tertiary/aromatic N) is 1. The van der Waals surface area contributed by atoms with E-state index in [2.05, 4.69) is 5.32 Å². The minimum atomic E-state index is 0.143. The van der Waals surface area contributed by atoms with Crippen LogP contribution in [-0.2, 0) is 9.53 Å². The van der Waals surface area contributed by atoms with Crippen LogP contribution in [0.15, 0.2) is 0 Å². The van der Waals surface area contributed by atoms with Gasteiger partial charge < -0.3 is 15.0 Å². The molecule has 0 spiro atoms. The van der Waals surface area contributed by atoms with Gasteiger partial charge in [0.2, 0.25) is 5.91 Å². The van der Waals surface area contributed by atoms with Gasteiger partial charge in [-0.15, -0.1) is 0 Å². The van der Waals surface area contributed by atoms with Crippen LogP contribution >= 0.6 is 0 Å². The molecule has 4 nitrogen and oxygen atoms in total. The maximum atomic E-state index is 11.3. The zero-order valence-electron chi connectivity index (χ0n) is 10.7. The summed E-state index contributed by atoms with van der Waals surface area (Å²) in [5, 5.41) is 3.30. The average molecular weight is 228 g/mol. The molecule has 0 atom stereocenters. The number of hydrogen-bond acceptors (Lipinski definition) is 3. The highest BCUT2D eigenvalue weighted by molar-refractivity contribution is 5.75. The number of nitrogens with one attached hydrogen (secondary N) is 1. The number of rotatable bonds is 5. The molecule has 0 bridgehead atoms. The normalized spacial score (nSPS) is 25.4. The molecule has 0 aromatic rings. The van der Waals surface area contributed by atoms with Crippen LogP contribution in [0.3, 0.4) is 0 Å². The van der Waals surface area contributed by atoms with E-state index in [0.717, 1.165) is 12.8 Å². The fraction of sp³-hybridized carbons (Fsp3) is 0.917. The van der Waals surface area contributed by atoms with Crippen molar-refractivity contribution in [3.63, 3.8) is 0 Å². The summed E-state index contributed by atoms with van der Waals surface area (Å²) in [6.07, 6.45) is 5.45. The lowest BCUT2D eigenvalue weighted by Crippen LogP contribution is -2.33. The molecule has 0 heterocycles. The second-order valence-electron chi connectivity index (χ2n) is 4.67. The van der Waals surface area contributed by atoms with E-state index < -0.39 is 0 Å². The minimum Gasteiger partial charge on any atom is -0.378 e. The summed E-state index contributed by atoms with van der Waals surface area (Å²) >= 11 is 0. The van der Waals surface area contributed by atoms with E-state index in [9.17, 15) is 4.79 Å². The molecule has 0 aliphatic heterocycles. The minimum absolute atomic E-state index is 0.143. The van der Waals surface area contributed by atoms with E-state index in [4.69, 9.17) is 4.74 Å². The molecule has 0 unspecified atom stereocenters. The van der Waals surface area contributed by atoms with E-state index >= 15 is 0 Å². The smallest absolute Gasteiger partial charge is 0.224 e. The summed E-state index contributed by atoms with van der Waals surface area (Å²) in [5.74, 6) is 0.143. The number of carbonyl (C=O) groups is 1. The van der Waals surface area contributed by atoms with Gasteiger partial charge in [-0.2, -0.15) is 0 Å². The fourth-order valence-electron chi connectivity index (χ4n) is 2.05. The molecule has 1 N–H and O–H groups in total. The van der Waals surface area contributed by atoms with Crippen molar-refractivity contribution < 1.29 is 9.53 Å². The van der Waals surface area contributed by atoms with Gasteiger partial charge in [-0.25, -0.2) is 0 Å². The zero-order valence-corrected chi connectivity index (χ0v) is 10.7. The van der Waals surface area contributed by atoms with Gasteiger partial charge in [-0.3, -0.25) is 4.79 Å². The van der Waals surface area contributed by atoms with E-state index in [-0.39, 0.29) is 5.91 Å². The average Bonchev–Trinajstić information content (AvgIpc) is 2.29. The highest BCUT2D eigenvalue weighted by atomic mass is 16.5.